The number of fused-ring (bicyclic) bond motifs is 3. The number of rotatable bonds is 4. The molecule has 0 bridgehead atoms. The van der Waals surface area contributed by atoms with E-state index in [9.17, 15) is 18.0 Å². The molecule has 1 atom stereocenters. The number of aromatic nitrogens is 2. The topological polar surface area (TPSA) is 58.4 Å². The van der Waals surface area contributed by atoms with Crippen molar-refractivity contribution in [1.29, 1.82) is 0 Å². The highest BCUT2D eigenvalue weighted by molar-refractivity contribution is 7.23. The number of hydrogen-bond acceptors (Lipinski definition) is 4. The Morgan fingerprint density at radius 3 is 2.71 bits per heavy atom. The third kappa shape index (κ3) is 4.31. The van der Waals surface area contributed by atoms with Crippen molar-refractivity contribution in [3.8, 4) is 11.3 Å². The molecule has 35 heavy (non-hydrogen) atoms. The molecule has 2 aliphatic rings. The van der Waals surface area contributed by atoms with Crippen LogP contribution >= 0.6 is 11.3 Å². The molecule has 5 nitrogen and oxygen atoms in total. The normalized spacial score (nSPS) is 20.6. The van der Waals surface area contributed by atoms with Crippen LogP contribution in [0.3, 0.4) is 0 Å². The molecule has 6 rings (SSSR count). The van der Waals surface area contributed by atoms with Gasteiger partial charge in [-0.15, -0.1) is 0 Å². The van der Waals surface area contributed by atoms with Crippen LogP contribution in [-0.2, 0) is 0 Å². The highest BCUT2D eigenvalue weighted by Gasteiger charge is 2.35. The zero-order valence-electron chi connectivity index (χ0n) is 19.0. The molecule has 0 spiro atoms. The molecule has 3 heterocycles. The van der Waals surface area contributed by atoms with Gasteiger partial charge in [0.2, 0.25) is 5.92 Å². The van der Waals surface area contributed by atoms with Gasteiger partial charge in [-0.25, -0.2) is 18.2 Å². The maximum atomic E-state index is 15.0. The second-order valence-electron chi connectivity index (χ2n) is 9.56. The Morgan fingerprint density at radius 1 is 1.14 bits per heavy atom. The smallest absolute Gasteiger partial charge is 0.251 e. The van der Waals surface area contributed by atoms with Crippen molar-refractivity contribution in [3.63, 3.8) is 0 Å². The van der Waals surface area contributed by atoms with Gasteiger partial charge in [-0.1, -0.05) is 17.4 Å². The molecular weight excluding hydrogens is 473 g/mol. The summed E-state index contributed by atoms with van der Waals surface area (Å²) in [6, 6.07) is 10.7. The molecule has 182 valence electrons. The lowest BCUT2D eigenvalue weighted by molar-refractivity contribution is -0.0399. The summed E-state index contributed by atoms with van der Waals surface area (Å²) in [5, 5.41) is 6.28. The molecule has 9 heteroatoms. The van der Waals surface area contributed by atoms with Crippen molar-refractivity contribution in [2.24, 2.45) is 0 Å². The van der Waals surface area contributed by atoms with Gasteiger partial charge in [0.05, 0.1) is 15.9 Å². The summed E-state index contributed by atoms with van der Waals surface area (Å²) in [6.07, 6.45) is 4.12. The largest absolute Gasteiger partial charge is 0.349 e. The van der Waals surface area contributed by atoms with E-state index in [0.717, 1.165) is 35.2 Å². The minimum atomic E-state index is -2.62. The molecule has 1 unspecified atom stereocenters. The van der Waals surface area contributed by atoms with Crippen LogP contribution in [0.1, 0.15) is 60.5 Å². The summed E-state index contributed by atoms with van der Waals surface area (Å²) in [4.78, 5) is 18.1. The predicted molar refractivity (Wildman–Crippen MR) is 131 cm³/mol. The number of halogens is 3. The Balaban J connectivity index is 1.23. The standard InChI is InChI=1S/C26H25F3N4OS/c27-19-12-15(20-2-1-11-30-20)3-5-18(19)21-14-33-22-6-4-16(13-23(22)35-25(33)32-21)24(34)31-17-7-9-26(28,29)10-8-17/h3-6,12-14,17,20,30H,1-2,7-11H2,(H,31,34). The SMILES string of the molecule is O=C(NC1CCC(F)(F)CC1)c1ccc2c(c1)sc1nc(-c3ccc(C4CCCN4)cc3F)cn12. The second kappa shape index (κ2) is 8.64. The summed E-state index contributed by atoms with van der Waals surface area (Å²) in [6.45, 7) is 0.960. The van der Waals surface area contributed by atoms with Crippen LogP contribution in [0.5, 0.6) is 0 Å². The van der Waals surface area contributed by atoms with Crippen LogP contribution in [0, 0.1) is 5.82 Å². The van der Waals surface area contributed by atoms with Gasteiger partial charge in [-0.3, -0.25) is 9.20 Å². The van der Waals surface area contributed by atoms with Gasteiger partial charge in [0.1, 0.15) is 5.82 Å². The average Bonchev–Trinajstić information content (AvgIpc) is 3.56. The lowest BCUT2D eigenvalue weighted by Crippen LogP contribution is -2.40. The summed E-state index contributed by atoms with van der Waals surface area (Å²) < 4.78 is 44.5. The fraction of sp³-hybridized carbons (Fsp3) is 0.385. The number of carbonyl (C=O) groups excluding carboxylic acids is 1. The molecule has 1 aliphatic carbocycles. The maximum Gasteiger partial charge on any atom is 0.251 e. The number of alkyl halides is 2. The number of amides is 1. The minimum Gasteiger partial charge on any atom is -0.349 e. The summed E-state index contributed by atoms with van der Waals surface area (Å²) in [7, 11) is 0. The average molecular weight is 499 g/mol. The van der Waals surface area contributed by atoms with Crippen molar-refractivity contribution in [1.82, 2.24) is 20.0 Å². The van der Waals surface area contributed by atoms with E-state index >= 15 is 0 Å². The number of benzene rings is 2. The monoisotopic (exact) mass is 498 g/mol. The van der Waals surface area contributed by atoms with Gasteiger partial charge in [0.15, 0.2) is 4.96 Å². The van der Waals surface area contributed by atoms with Gasteiger partial charge in [-0.05, 0) is 68.1 Å². The highest BCUT2D eigenvalue weighted by atomic mass is 32.1. The fourth-order valence-corrected chi connectivity index (χ4v) is 6.20. The Bertz CT molecular complexity index is 1410. The number of carbonyl (C=O) groups is 1. The minimum absolute atomic E-state index is 0.192. The molecule has 1 aliphatic heterocycles. The molecule has 2 fully saturated rings. The Morgan fingerprint density at radius 2 is 1.97 bits per heavy atom. The molecule has 1 saturated carbocycles. The molecule has 0 radical (unpaired) electrons. The summed E-state index contributed by atoms with van der Waals surface area (Å²) in [5.41, 5.74) is 3.36. The van der Waals surface area contributed by atoms with E-state index in [1.807, 2.05) is 22.7 Å². The molecule has 1 saturated heterocycles. The molecular formula is C26H25F3N4OS. The van der Waals surface area contributed by atoms with Gasteiger partial charge < -0.3 is 10.6 Å². The molecule has 1 amide bonds. The maximum absolute atomic E-state index is 15.0. The van der Waals surface area contributed by atoms with E-state index in [-0.39, 0.29) is 49.5 Å². The van der Waals surface area contributed by atoms with Gasteiger partial charge in [-0.2, -0.15) is 0 Å². The first-order valence-electron chi connectivity index (χ1n) is 12.0. The van der Waals surface area contributed by atoms with Crippen LogP contribution in [0.2, 0.25) is 0 Å². The van der Waals surface area contributed by atoms with Crippen LogP contribution in [-0.4, -0.2) is 33.8 Å². The van der Waals surface area contributed by atoms with E-state index in [1.165, 1.54) is 11.3 Å². The van der Waals surface area contributed by atoms with E-state index in [4.69, 9.17) is 0 Å². The van der Waals surface area contributed by atoms with Gasteiger partial charge >= 0.3 is 0 Å². The van der Waals surface area contributed by atoms with Crippen LogP contribution < -0.4 is 10.6 Å². The highest BCUT2D eigenvalue weighted by Crippen LogP contribution is 2.34. The van der Waals surface area contributed by atoms with Crippen molar-refractivity contribution < 1.29 is 18.0 Å². The number of nitrogens with zero attached hydrogens (tertiary/aromatic N) is 2. The molecule has 4 aromatic rings. The number of thiazole rings is 1. The first-order valence-corrected chi connectivity index (χ1v) is 12.8. The molecule has 2 aromatic carbocycles. The van der Waals surface area contributed by atoms with Crippen LogP contribution in [0.25, 0.3) is 26.4 Å². The van der Waals surface area contributed by atoms with Crippen molar-refractivity contribution in [2.45, 2.75) is 56.5 Å². The Hall–Kier alpha value is -2.91. The van der Waals surface area contributed by atoms with Gasteiger partial charge in [0, 0.05) is 42.2 Å². The Kier molecular flexibility index (Phi) is 5.56. The van der Waals surface area contributed by atoms with E-state index in [2.05, 4.69) is 15.6 Å². The summed E-state index contributed by atoms with van der Waals surface area (Å²) >= 11 is 1.42. The lowest BCUT2D eigenvalue weighted by Gasteiger charge is -2.28. The van der Waals surface area contributed by atoms with E-state index in [0.29, 0.717) is 21.8 Å². The zero-order chi connectivity index (χ0) is 24.2. The third-order valence-corrected chi connectivity index (χ3v) is 8.16. The second-order valence-corrected chi connectivity index (χ2v) is 10.6. The van der Waals surface area contributed by atoms with Crippen LogP contribution in [0.15, 0.2) is 42.6 Å². The quantitative estimate of drug-likeness (QED) is 0.358. The Labute approximate surface area is 204 Å². The summed E-state index contributed by atoms with van der Waals surface area (Å²) in [5.74, 6) is -3.17. The van der Waals surface area contributed by atoms with Crippen molar-refractivity contribution in [3.05, 3.63) is 59.5 Å². The zero-order valence-corrected chi connectivity index (χ0v) is 19.8. The van der Waals surface area contributed by atoms with Crippen molar-refractivity contribution in [2.75, 3.05) is 6.54 Å². The van der Waals surface area contributed by atoms with E-state index < -0.39 is 5.92 Å². The van der Waals surface area contributed by atoms with E-state index in [1.54, 1.807) is 24.3 Å². The van der Waals surface area contributed by atoms with Gasteiger partial charge in [0.25, 0.3) is 5.91 Å². The molecule has 2 aromatic heterocycles. The van der Waals surface area contributed by atoms with Crippen molar-refractivity contribution >= 4 is 32.4 Å². The lowest BCUT2D eigenvalue weighted by atomic mass is 9.92. The number of hydrogen-bond donors (Lipinski definition) is 2. The first-order chi connectivity index (χ1) is 16.9. The first kappa shape index (κ1) is 22.5. The number of nitrogens with one attached hydrogen (secondary N) is 2. The van der Waals surface area contributed by atoms with Crippen LogP contribution in [0.4, 0.5) is 13.2 Å². The third-order valence-electron chi connectivity index (χ3n) is 7.14. The predicted octanol–water partition coefficient (Wildman–Crippen LogP) is 6.09. The number of imidazole rings is 1. The molecule has 2 N–H and O–H groups in total. The fourth-order valence-electron chi connectivity index (χ4n) is 5.15.